The van der Waals surface area contributed by atoms with Crippen LogP contribution in [0.5, 0.6) is 0 Å². The summed E-state index contributed by atoms with van der Waals surface area (Å²) in [7, 11) is 0. The molecule has 0 saturated carbocycles. The number of nitrogens with two attached hydrogens (primary N) is 1. The number of rotatable bonds is 2. The molecule has 0 saturated heterocycles. The van der Waals surface area contributed by atoms with Gasteiger partial charge in [0.15, 0.2) is 5.01 Å². The molecule has 15 heavy (non-hydrogen) atoms. The zero-order chi connectivity index (χ0) is 10.7. The van der Waals surface area contributed by atoms with Crippen LogP contribution in [0.3, 0.4) is 0 Å². The van der Waals surface area contributed by atoms with Crippen LogP contribution in [-0.4, -0.2) is 10.9 Å². The first-order valence-corrected chi connectivity index (χ1v) is 5.20. The molecule has 5 heteroatoms. The third-order valence-corrected chi connectivity index (χ3v) is 2.63. The van der Waals surface area contributed by atoms with E-state index in [2.05, 4.69) is 4.98 Å². The second-order valence-corrected chi connectivity index (χ2v) is 3.74. The largest absolute Gasteiger partial charge is 0.301 e. The van der Waals surface area contributed by atoms with Gasteiger partial charge in [-0.15, -0.1) is 11.3 Å². The molecule has 76 valence electrons. The second kappa shape index (κ2) is 4.20. The number of benzene rings is 1. The molecule has 0 unspecified atom stereocenters. The Labute approximate surface area is 90.9 Å². The zero-order valence-electron chi connectivity index (χ0n) is 7.83. The Hall–Kier alpha value is -1.72. The molecular formula is C10H9N3OS. The van der Waals surface area contributed by atoms with Crippen LogP contribution in [0, 0.1) is 0 Å². The van der Waals surface area contributed by atoms with E-state index in [0.29, 0.717) is 10.7 Å². The Morgan fingerprint density at radius 1 is 1.33 bits per heavy atom. The zero-order valence-corrected chi connectivity index (χ0v) is 8.65. The molecule has 1 amide bonds. The molecule has 2 rings (SSSR count). The molecule has 0 fully saturated rings. The average Bonchev–Trinajstić information content (AvgIpc) is 2.82. The maximum Gasteiger partial charge on any atom is 0.301 e. The molecule has 0 bridgehead atoms. The fourth-order valence-electron chi connectivity index (χ4n) is 1.14. The number of amides is 1. The fraction of sp³-hybridized carbons (Fsp3) is 0. The minimum absolute atomic E-state index is 0.295. The predicted octanol–water partition coefficient (Wildman–Crippen LogP) is 1.66. The van der Waals surface area contributed by atoms with E-state index in [1.54, 1.807) is 23.7 Å². The highest BCUT2D eigenvalue weighted by molar-refractivity contribution is 7.11. The van der Waals surface area contributed by atoms with Gasteiger partial charge in [0, 0.05) is 11.6 Å². The van der Waals surface area contributed by atoms with E-state index in [9.17, 15) is 4.79 Å². The van der Waals surface area contributed by atoms with Gasteiger partial charge in [-0.1, -0.05) is 18.2 Å². The molecule has 4 nitrogen and oxygen atoms in total. The predicted molar refractivity (Wildman–Crippen MR) is 59.6 cm³/mol. The van der Waals surface area contributed by atoms with E-state index < -0.39 is 0 Å². The van der Waals surface area contributed by atoms with Crippen LogP contribution in [0.25, 0.3) is 0 Å². The van der Waals surface area contributed by atoms with Gasteiger partial charge in [-0.25, -0.2) is 15.8 Å². The van der Waals surface area contributed by atoms with Gasteiger partial charge in [-0.05, 0) is 12.1 Å². The van der Waals surface area contributed by atoms with Gasteiger partial charge in [0.2, 0.25) is 0 Å². The molecule has 0 aliphatic heterocycles. The Morgan fingerprint density at radius 3 is 2.67 bits per heavy atom. The number of thiazole rings is 1. The SMILES string of the molecule is NN(C(=O)c1nccs1)c1ccccc1. The number of hydrazine groups is 1. The van der Waals surface area contributed by atoms with Gasteiger partial charge in [-0.3, -0.25) is 4.79 Å². The van der Waals surface area contributed by atoms with E-state index in [0.717, 1.165) is 5.01 Å². The Morgan fingerprint density at radius 2 is 2.07 bits per heavy atom. The lowest BCUT2D eigenvalue weighted by Crippen LogP contribution is -2.37. The van der Waals surface area contributed by atoms with Crippen LogP contribution < -0.4 is 10.9 Å². The molecule has 0 spiro atoms. The summed E-state index contributed by atoms with van der Waals surface area (Å²) in [6, 6.07) is 9.05. The van der Waals surface area contributed by atoms with Crippen molar-refractivity contribution in [1.82, 2.24) is 4.98 Å². The van der Waals surface area contributed by atoms with Gasteiger partial charge < -0.3 is 0 Å². The molecule has 0 atom stereocenters. The van der Waals surface area contributed by atoms with Gasteiger partial charge in [0.05, 0.1) is 5.69 Å². The van der Waals surface area contributed by atoms with E-state index in [1.165, 1.54) is 11.3 Å². The normalized spacial score (nSPS) is 9.93. The average molecular weight is 219 g/mol. The molecule has 0 aliphatic rings. The quantitative estimate of drug-likeness (QED) is 0.475. The minimum Gasteiger partial charge on any atom is -0.264 e. The lowest BCUT2D eigenvalue weighted by Gasteiger charge is -2.14. The molecule has 0 aliphatic carbocycles. The van der Waals surface area contributed by atoms with Crippen molar-refractivity contribution in [3.63, 3.8) is 0 Å². The lowest BCUT2D eigenvalue weighted by molar-refractivity contribution is 0.0986. The maximum atomic E-state index is 11.8. The first kappa shape index (κ1) is 9.82. The number of carbonyl (C=O) groups excluding carboxylic acids is 1. The van der Waals surface area contributed by atoms with Gasteiger partial charge in [0.1, 0.15) is 0 Å². The van der Waals surface area contributed by atoms with Gasteiger partial charge in [0.25, 0.3) is 0 Å². The lowest BCUT2D eigenvalue weighted by atomic mass is 10.3. The number of anilines is 1. The standard InChI is InChI=1S/C10H9N3OS/c11-13(8-4-2-1-3-5-8)10(14)9-12-6-7-15-9/h1-7H,11H2. The summed E-state index contributed by atoms with van der Waals surface area (Å²) in [5, 5.41) is 3.23. The van der Waals surface area contributed by atoms with Gasteiger partial charge >= 0.3 is 5.91 Å². The van der Waals surface area contributed by atoms with Crippen LogP contribution in [-0.2, 0) is 0 Å². The molecular weight excluding hydrogens is 210 g/mol. The third-order valence-electron chi connectivity index (χ3n) is 1.87. The third kappa shape index (κ3) is 2.03. The summed E-state index contributed by atoms with van der Waals surface area (Å²) >= 11 is 1.27. The van der Waals surface area contributed by atoms with Crippen molar-refractivity contribution in [2.24, 2.45) is 5.84 Å². The van der Waals surface area contributed by atoms with E-state index in [1.807, 2.05) is 18.2 Å². The van der Waals surface area contributed by atoms with Crippen molar-refractivity contribution < 1.29 is 4.79 Å². The summed E-state index contributed by atoms with van der Waals surface area (Å²) in [6.07, 6.45) is 1.58. The van der Waals surface area contributed by atoms with Crippen molar-refractivity contribution in [1.29, 1.82) is 0 Å². The van der Waals surface area contributed by atoms with Crippen LogP contribution >= 0.6 is 11.3 Å². The fourth-order valence-corrected chi connectivity index (χ4v) is 1.71. The highest BCUT2D eigenvalue weighted by Crippen LogP contribution is 2.14. The second-order valence-electron chi connectivity index (χ2n) is 2.85. The molecule has 1 heterocycles. The first-order chi connectivity index (χ1) is 7.29. The summed E-state index contributed by atoms with van der Waals surface area (Å²) < 4.78 is 0. The minimum atomic E-state index is -0.295. The summed E-state index contributed by atoms with van der Waals surface area (Å²) in [5.74, 6) is 5.38. The highest BCUT2D eigenvalue weighted by atomic mass is 32.1. The van der Waals surface area contributed by atoms with E-state index >= 15 is 0 Å². The summed E-state index contributed by atoms with van der Waals surface area (Å²) in [4.78, 5) is 15.7. The number of aromatic nitrogens is 1. The number of hydrogen-bond donors (Lipinski definition) is 1. The smallest absolute Gasteiger partial charge is 0.264 e. The van der Waals surface area contributed by atoms with Crippen LogP contribution in [0.4, 0.5) is 5.69 Å². The molecule has 0 radical (unpaired) electrons. The number of nitrogens with zero attached hydrogens (tertiary/aromatic N) is 2. The van der Waals surface area contributed by atoms with E-state index in [-0.39, 0.29) is 5.91 Å². The van der Waals surface area contributed by atoms with Crippen LogP contribution in [0.15, 0.2) is 41.9 Å². The van der Waals surface area contributed by atoms with Crippen molar-refractivity contribution >= 4 is 22.9 Å². The topological polar surface area (TPSA) is 59.2 Å². The van der Waals surface area contributed by atoms with E-state index in [4.69, 9.17) is 5.84 Å². The van der Waals surface area contributed by atoms with Crippen molar-refractivity contribution in [2.45, 2.75) is 0 Å². The molecule has 1 aromatic carbocycles. The van der Waals surface area contributed by atoms with Gasteiger partial charge in [-0.2, -0.15) is 0 Å². The van der Waals surface area contributed by atoms with Crippen molar-refractivity contribution in [3.05, 3.63) is 46.9 Å². The number of carbonyl (C=O) groups is 1. The summed E-state index contributed by atoms with van der Waals surface area (Å²) in [5.41, 5.74) is 0.651. The van der Waals surface area contributed by atoms with Crippen molar-refractivity contribution in [2.75, 3.05) is 5.01 Å². The van der Waals surface area contributed by atoms with Crippen LogP contribution in [0.2, 0.25) is 0 Å². The van der Waals surface area contributed by atoms with Crippen LogP contribution in [0.1, 0.15) is 9.80 Å². The Bertz CT molecular complexity index is 441. The Kier molecular flexibility index (Phi) is 2.75. The Balaban J connectivity index is 2.23. The first-order valence-electron chi connectivity index (χ1n) is 4.33. The van der Waals surface area contributed by atoms with Crippen molar-refractivity contribution in [3.8, 4) is 0 Å². The molecule has 1 aromatic heterocycles. The maximum absolute atomic E-state index is 11.8. The number of para-hydroxylation sites is 1. The number of hydrogen-bond acceptors (Lipinski definition) is 4. The highest BCUT2D eigenvalue weighted by Gasteiger charge is 2.15. The summed E-state index contributed by atoms with van der Waals surface area (Å²) in [6.45, 7) is 0. The molecule has 2 N–H and O–H groups in total. The molecule has 2 aromatic rings. The monoisotopic (exact) mass is 219 g/mol.